The number of aliphatic hydroxyl groups is 2. The fourth-order valence-electron chi connectivity index (χ4n) is 11.5. The molecule has 0 heterocycles. The zero-order valence-corrected chi connectivity index (χ0v) is 73.4. The lowest BCUT2D eigenvalue weighted by atomic mass is 10.0. The Labute approximate surface area is 735 Å². The van der Waals surface area contributed by atoms with Crippen molar-refractivity contribution in [3.63, 3.8) is 0 Å². The first kappa shape index (κ1) is 112. The van der Waals surface area contributed by atoms with E-state index in [1.807, 2.05) is 19.1 Å². The lowest BCUT2D eigenvalue weighted by molar-refractivity contribution is 0.169. The zero-order valence-electron chi connectivity index (χ0n) is 73.4. The lowest BCUT2D eigenvalue weighted by Gasteiger charge is -2.10. The third-order valence-electron chi connectivity index (χ3n) is 18.2. The highest BCUT2D eigenvalue weighted by molar-refractivity contribution is 5.81. The second-order valence-electron chi connectivity index (χ2n) is 30.6. The molecular formula is C99H125F10N9O8. The Kier molecular flexibility index (Phi) is 56.0. The van der Waals surface area contributed by atoms with Crippen LogP contribution in [0.25, 0.3) is 0 Å². The number of aliphatic hydroxyl groups excluding tert-OH is 2. The summed E-state index contributed by atoms with van der Waals surface area (Å²) in [6, 6.07) is 41.5. The topological polar surface area (TPSA) is 376 Å². The first-order chi connectivity index (χ1) is 59.3. The number of halogens is 10. The highest BCUT2D eigenvalue weighted by atomic mass is 18.2. The second-order valence-corrected chi connectivity index (χ2v) is 30.6. The average molecular weight is 1750 g/mol. The van der Waals surface area contributed by atoms with E-state index in [-0.39, 0.29) is 51.9 Å². The van der Waals surface area contributed by atoms with Crippen LogP contribution in [0.3, 0.4) is 0 Å². The molecule has 9 aromatic rings. The van der Waals surface area contributed by atoms with Crippen LogP contribution in [0.2, 0.25) is 0 Å². The van der Waals surface area contributed by atoms with Crippen molar-refractivity contribution in [3.05, 3.63) is 284 Å². The fourth-order valence-corrected chi connectivity index (χ4v) is 11.5. The molecule has 2 atom stereocenters. The number of hydrogen-bond donors (Lipinski definition) is 17. The van der Waals surface area contributed by atoms with Crippen LogP contribution in [0, 0.1) is 107 Å². The molecule has 126 heavy (non-hydrogen) atoms. The van der Waals surface area contributed by atoms with Gasteiger partial charge in [-0.05, 0) is 364 Å². The molecule has 0 amide bonds. The summed E-state index contributed by atoms with van der Waals surface area (Å²) in [6.45, 7) is 15.6. The van der Waals surface area contributed by atoms with Gasteiger partial charge in [-0.15, -0.1) is 0 Å². The Morgan fingerprint density at radius 2 is 0.619 bits per heavy atom. The van der Waals surface area contributed by atoms with E-state index in [2.05, 4.69) is 0 Å². The van der Waals surface area contributed by atoms with E-state index in [1.54, 1.807) is 110 Å². The summed E-state index contributed by atoms with van der Waals surface area (Å²) in [4.78, 5) is 0. The molecule has 0 unspecified atom stereocenters. The van der Waals surface area contributed by atoms with Gasteiger partial charge in [-0.3, -0.25) is 0 Å². The molecule has 0 saturated heterocycles. The van der Waals surface area contributed by atoms with E-state index in [1.165, 1.54) is 78.9 Å². The Morgan fingerprint density at radius 3 is 1.07 bits per heavy atom. The van der Waals surface area contributed by atoms with Crippen LogP contribution in [0.15, 0.2) is 176 Å². The summed E-state index contributed by atoms with van der Waals surface area (Å²) in [6.07, 6.45) is 15.7. The molecule has 0 aliphatic rings. The molecule has 0 saturated carbocycles. The summed E-state index contributed by atoms with van der Waals surface area (Å²) in [5, 5.41) is 139. The largest absolute Gasteiger partial charge is 0.508 e. The van der Waals surface area contributed by atoms with Gasteiger partial charge in [0, 0.05) is 75.2 Å². The van der Waals surface area contributed by atoms with Gasteiger partial charge in [-0.2, -0.15) is 0 Å². The first-order valence-corrected chi connectivity index (χ1v) is 41.4. The Bertz CT molecular complexity index is 4790. The highest BCUT2D eigenvalue weighted by Crippen LogP contribution is 2.32. The minimum Gasteiger partial charge on any atom is -0.508 e. The lowest BCUT2D eigenvalue weighted by Crippen LogP contribution is -2.00. The molecule has 0 fully saturated rings. The maximum absolute atomic E-state index is 13.1. The number of phenolic OH excluding ortho intramolecular Hbond substituents is 6. The number of aryl methyl sites for hydroxylation is 7. The van der Waals surface area contributed by atoms with Gasteiger partial charge in [0.15, 0.2) is 34.6 Å². The zero-order chi connectivity index (χ0) is 95.0. The van der Waals surface area contributed by atoms with Gasteiger partial charge in [0.1, 0.15) is 58.0 Å². The van der Waals surface area contributed by atoms with Crippen molar-refractivity contribution >= 4 is 51.4 Å². The van der Waals surface area contributed by atoms with Gasteiger partial charge in [0.25, 0.3) is 0 Å². The fraction of sp³-hybridized carbons (Fsp3) is 0.364. The van der Waals surface area contributed by atoms with Crippen LogP contribution in [0.1, 0.15) is 240 Å². The van der Waals surface area contributed by atoms with E-state index in [9.17, 15) is 64.3 Å². The minimum absolute atomic E-state index is 0.0356. The smallest absolute Gasteiger partial charge is 0.168 e. The van der Waals surface area contributed by atoms with Gasteiger partial charge >= 0.3 is 0 Å². The minimum atomic E-state index is -0.934. The molecule has 17 N–H and O–H groups in total. The van der Waals surface area contributed by atoms with Crippen molar-refractivity contribution < 1.29 is 84.8 Å². The summed E-state index contributed by atoms with van der Waals surface area (Å²) >= 11 is 0. The van der Waals surface area contributed by atoms with Crippen LogP contribution in [-0.2, 0) is 44.9 Å². The Morgan fingerprint density at radius 1 is 0.246 bits per heavy atom. The maximum atomic E-state index is 13.1. The number of hydrogen-bond acceptors (Lipinski definition) is 17. The van der Waals surface area contributed by atoms with Crippen LogP contribution >= 0.6 is 0 Å². The number of nitrogens with one attached hydrogen (secondary N) is 9. The van der Waals surface area contributed by atoms with E-state index < -0.39 is 58.5 Å². The summed E-state index contributed by atoms with van der Waals surface area (Å²) in [7, 11) is 0. The van der Waals surface area contributed by atoms with Gasteiger partial charge in [0.2, 0.25) is 0 Å². The summed E-state index contributed by atoms with van der Waals surface area (Å²) in [5.74, 6) is -5.97. The Hall–Kier alpha value is -12.0. The van der Waals surface area contributed by atoms with Gasteiger partial charge in [0.05, 0.1) is 12.2 Å². The molecule has 684 valence electrons. The molecule has 0 radical (unpaired) electrons. The number of aromatic hydroxyl groups is 6. The molecule has 0 aliphatic heterocycles. The van der Waals surface area contributed by atoms with Crippen molar-refractivity contribution in [1.29, 1.82) is 48.7 Å². The first-order valence-electron chi connectivity index (χ1n) is 41.4. The van der Waals surface area contributed by atoms with Crippen LogP contribution < -0.4 is 0 Å². The maximum Gasteiger partial charge on any atom is 0.168 e. The quantitative estimate of drug-likeness (QED) is 0.0101. The standard InChI is InChI=1S/C11H13F2NO.2C11H14FNO2.3C11H14FNO.3C11H14FN/c1-7(14)3-2-4-8-5-9(12)6-10(13)11(8)15;1-7(13)2-5-10(14)8-3-4-9(12)11(15)6-8;1-7(13)3-2-4-8-5-9(12)6-10(14)11(8)15;1-8(13)2-7-11(14)9-3-5-10(12)6-4-9;1-8(13)3-2-4-9-5-10(12)7-11(14)6-9;1-8(13)3-2-4-9-7-10(14)5-6-11(9)12;1-9(13)4-2-5-10-6-3-7-11(12)8-10;1-9(13)5-4-7-10-6-2-3-8-11(10)12;1-9(13)3-2-4-10-5-7-11(12)8-6-10/h5-6,14-15H,2-4H2,1H3;3-4,6,10,13-15H,2,5H2,1H3;5-6,13-15H,2-4H2,1H3;3-6,11,13-14H,2,7H2,1H3;2*5-7,13-14H,2-4H2,1H3;3,6-8,13H,2,4-5H2,1H3;2-3,6,8,13H,4-5,7H2,1H3;5-8,13H,2-4H2,1H3/t;10-;;11-;;;;;/m.0.0...../s1/i12-1,13-1;8*12-1. The van der Waals surface area contributed by atoms with Crippen molar-refractivity contribution in [1.82, 2.24) is 0 Å². The van der Waals surface area contributed by atoms with Crippen LogP contribution in [-0.4, -0.2) is 92.3 Å². The second kappa shape index (κ2) is 63.0. The summed E-state index contributed by atoms with van der Waals surface area (Å²) < 4.78 is 128. The third-order valence-corrected chi connectivity index (χ3v) is 18.2. The Balaban J connectivity index is 0.000000709. The predicted octanol–water partition coefficient (Wildman–Crippen LogP) is 26.0. The average Bonchev–Trinajstić information content (AvgIpc) is 0.829. The van der Waals surface area contributed by atoms with Crippen LogP contribution in [0.5, 0.6) is 34.5 Å². The van der Waals surface area contributed by atoms with E-state index in [0.29, 0.717) is 163 Å². The monoisotopic (exact) mass is 1750 g/mol. The van der Waals surface area contributed by atoms with E-state index >= 15 is 0 Å². The number of phenols is 6. The van der Waals surface area contributed by atoms with Crippen molar-refractivity contribution in [2.45, 2.75) is 235 Å². The predicted molar refractivity (Wildman–Crippen MR) is 487 cm³/mol. The van der Waals surface area contributed by atoms with Gasteiger partial charge < -0.3 is 89.5 Å². The molecule has 9 aromatic carbocycles. The van der Waals surface area contributed by atoms with E-state index in [4.69, 9.17) is 69.1 Å². The normalized spacial score (nSPS) is 10.7. The highest BCUT2D eigenvalue weighted by Gasteiger charge is 2.15. The van der Waals surface area contributed by atoms with E-state index in [0.717, 1.165) is 124 Å². The van der Waals surface area contributed by atoms with Crippen molar-refractivity contribution in [2.24, 2.45) is 0 Å². The molecule has 0 spiro atoms. The van der Waals surface area contributed by atoms with Crippen molar-refractivity contribution in [2.75, 3.05) is 0 Å². The van der Waals surface area contributed by atoms with Crippen molar-refractivity contribution in [3.8, 4) is 34.5 Å². The molecule has 0 aromatic heterocycles. The van der Waals surface area contributed by atoms with Gasteiger partial charge in [-0.1, -0.05) is 60.7 Å². The molecule has 9 rings (SSSR count). The molecular weight excluding hydrogens is 1620 g/mol. The molecule has 17 nitrogen and oxygen atoms in total. The SMILES string of the molecule is CC(=N)CCCc1cc(O)cc([18F])c1.CC(=N)CCCc1cc(O)ccc1[18F].CC(=N)CCCc1cc([18F])cc(O)c1O.CC(=N)CCCc1cc([18F])cc([18F])c1O.CC(=N)CCCc1ccc([18F])cc1.CC(=N)CCCc1cccc([18F])c1.CC(=N)CCCc1ccccc1[18F].CC(=N)CC[C@H](O)c1ccc([18F])c(O)c1.CC(=N)CC[C@H](O)c1ccc([18F])cc1. The van der Waals surface area contributed by atoms with Crippen LogP contribution in [0.4, 0.5) is 43.9 Å². The number of benzene rings is 9. The summed E-state index contributed by atoms with van der Waals surface area (Å²) in [5.41, 5.74) is 11.4. The van der Waals surface area contributed by atoms with Gasteiger partial charge in [-0.25, -0.2) is 43.9 Å². The molecule has 0 bridgehead atoms. The number of rotatable bonds is 36. The molecule has 27 heteroatoms. The third kappa shape index (κ3) is 54.6. The molecule has 0 aliphatic carbocycles.